The second-order valence-corrected chi connectivity index (χ2v) is 6.99. The van der Waals surface area contributed by atoms with Gasteiger partial charge in [-0.25, -0.2) is 0 Å². The smallest absolute Gasteiger partial charge is 0.227 e. The van der Waals surface area contributed by atoms with Gasteiger partial charge >= 0.3 is 0 Å². The zero-order valence-electron chi connectivity index (χ0n) is 16.7. The first-order valence-electron chi connectivity index (χ1n) is 9.58. The number of hydrogen-bond acceptors (Lipinski definition) is 4. The standard InChI is InChI=1S/C22H27N3O3.ClH/c1-28-19-7-4-5-17(15-19)16-22(27)25-13-11-24(12-14-25)21(26)10-9-18-6-2-3-8-20(18)23;/h2-8,15H,9-14,16,23H2,1H3;1H. The van der Waals surface area contributed by atoms with Gasteiger partial charge in [-0.15, -0.1) is 12.4 Å². The number of carbonyl (C=O) groups is 2. The minimum atomic E-state index is 0. The number of halogens is 1. The van der Waals surface area contributed by atoms with Crippen molar-refractivity contribution in [1.82, 2.24) is 9.80 Å². The fourth-order valence-electron chi connectivity index (χ4n) is 3.44. The maximum atomic E-state index is 12.6. The van der Waals surface area contributed by atoms with E-state index in [-0.39, 0.29) is 24.2 Å². The third-order valence-electron chi connectivity index (χ3n) is 5.14. The van der Waals surface area contributed by atoms with Gasteiger partial charge in [-0.1, -0.05) is 30.3 Å². The summed E-state index contributed by atoms with van der Waals surface area (Å²) < 4.78 is 5.21. The number of piperazine rings is 1. The number of aryl methyl sites for hydroxylation is 1. The van der Waals surface area contributed by atoms with Crippen LogP contribution in [0.1, 0.15) is 17.5 Å². The molecule has 0 aromatic heterocycles. The van der Waals surface area contributed by atoms with Crippen LogP contribution in [-0.2, 0) is 22.4 Å². The predicted octanol–water partition coefficient (Wildman–Crippen LogP) is 2.55. The third kappa shape index (κ3) is 6.12. The molecule has 2 aromatic rings. The topological polar surface area (TPSA) is 75.9 Å². The van der Waals surface area contributed by atoms with Gasteiger partial charge in [0.05, 0.1) is 13.5 Å². The van der Waals surface area contributed by atoms with Gasteiger partial charge in [-0.2, -0.15) is 0 Å². The fourth-order valence-corrected chi connectivity index (χ4v) is 3.44. The predicted molar refractivity (Wildman–Crippen MR) is 116 cm³/mol. The molecule has 1 fully saturated rings. The number of benzene rings is 2. The number of para-hydroxylation sites is 1. The quantitative estimate of drug-likeness (QED) is 0.733. The number of nitrogens with two attached hydrogens (primary N) is 1. The minimum Gasteiger partial charge on any atom is -0.497 e. The fraction of sp³-hybridized carbons (Fsp3) is 0.364. The van der Waals surface area contributed by atoms with Crippen LogP contribution in [-0.4, -0.2) is 54.9 Å². The molecule has 1 aliphatic rings. The Balaban J connectivity index is 0.00000300. The molecular formula is C22H28ClN3O3. The average molecular weight is 418 g/mol. The molecule has 29 heavy (non-hydrogen) atoms. The average Bonchev–Trinajstić information content (AvgIpc) is 2.73. The van der Waals surface area contributed by atoms with Crippen molar-refractivity contribution in [2.45, 2.75) is 19.3 Å². The van der Waals surface area contributed by atoms with E-state index >= 15 is 0 Å². The van der Waals surface area contributed by atoms with Crippen molar-refractivity contribution in [3.63, 3.8) is 0 Å². The Morgan fingerprint density at radius 3 is 2.28 bits per heavy atom. The molecule has 2 N–H and O–H groups in total. The highest BCUT2D eigenvalue weighted by atomic mass is 35.5. The summed E-state index contributed by atoms with van der Waals surface area (Å²) in [4.78, 5) is 28.7. The van der Waals surface area contributed by atoms with Crippen LogP contribution in [0.15, 0.2) is 48.5 Å². The van der Waals surface area contributed by atoms with Gasteiger partial charge in [0, 0.05) is 38.3 Å². The first-order chi connectivity index (χ1) is 13.6. The highest BCUT2D eigenvalue weighted by Crippen LogP contribution is 2.16. The lowest BCUT2D eigenvalue weighted by molar-refractivity contribution is -0.139. The normalized spacial score (nSPS) is 13.6. The molecule has 0 spiro atoms. The minimum absolute atomic E-state index is 0. The lowest BCUT2D eigenvalue weighted by atomic mass is 10.1. The van der Waals surface area contributed by atoms with Crippen molar-refractivity contribution < 1.29 is 14.3 Å². The SMILES string of the molecule is COc1cccc(CC(=O)N2CCN(C(=O)CCc3ccccc3N)CC2)c1.Cl. The van der Waals surface area contributed by atoms with Crippen LogP contribution in [0, 0.1) is 0 Å². The molecule has 2 aromatic carbocycles. The van der Waals surface area contributed by atoms with Crippen LogP contribution < -0.4 is 10.5 Å². The van der Waals surface area contributed by atoms with E-state index in [1.54, 1.807) is 7.11 Å². The Hall–Kier alpha value is -2.73. The molecule has 6 nitrogen and oxygen atoms in total. The van der Waals surface area contributed by atoms with Gasteiger partial charge in [0.15, 0.2) is 0 Å². The van der Waals surface area contributed by atoms with E-state index in [9.17, 15) is 9.59 Å². The molecule has 1 saturated heterocycles. The summed E-state index contributed by atoms with van der Waals surface area (Å²) in [5.74, 6) is 0.945. The van der Waals surface area contributed by atoms with Crippen LogP contribution in [0.2, 0.25) is 0 Å². The number of ether oxygens (including phenoxy) is 1. The first-order valence-corrected chi connectivity index (χ1v) is 9.58. The van der Waals surface area contributed by atoms with Gasteiger partial charge < -0.3 is 20.3 Å². The van der Waals surface area contributed by atoms with E-state index in [1.165, 1.54) is 0 Å². The number of nitrogens with zero attached hydrogens (tertiary/aromatic N) is 2. The number of hydrogen-bond donors (Lipinski definition) is 1. The highest BCUT2D eigenvalue weighted by molar-refractivity contribution is 5.85. The summed E-state index contributed by atoms with van der Waals surface area (Å²) >= 11 is 0. The summed E-state index contributed by atoms with van der Waals surface area (Å²) in [5.41, 5.74) is 8.60. The maximum absolute atomic E-state index is 12.6. The van der Waals surface area contributed by atoms with Crippen molar-refractivity contribution in [3.05, 3.63) is 59.7 Å². The summed E-state index contributed by atoms with van der Waals surface area (Å²) in [6.45, 7) is 2.30. The van der Waals surface area contributed by atoms with Gasteiger partial charge in [0.2, 0.25) is 11.8 Å². The summed E-state index contributed by atoms with van der Waals surface area (Å²) in [6.07, 6.45) is 1.42. The monoisotopic (exact) mass is 417 g/mol. The summed E-state index contributed by atoms with van der Waals surface area (Å²) in [6, 6.07) is 15.2. The summed E-state index contributed by atoms with van der Waals surface area (Å²) in [7, 11) is 1.61. The zero-order valence-corrected chi connectivity index (χ0v) is 17.5. The zero-order chi connectivity index (χ0) is 19.9. The second kappa shape index (κ2) is 10.7. The Labute approximate surface area is 178 Å². The van der Waals surface area contributed by atoms with Crippen LogP contribution in [0.4, 0.5) is 5.69 Å². The molecule has 0 bridgehead atoms. The van der Waals surface area contributed by atoms with E-state index in [4.69, 9.17) is 10.5 Å². The van der Waals surface area contributed by atoms with Gasteiger partial charge in [-0.05, 0) is 35.7 Å². The maximum Gasteiger partial charge on any atom is 0.227 e. The molecule has 1 aliphatic heterocycles. The molecule has 2 amide bonds. The summed E-state index contributed by atoms with van der Waals surface area (Å²) in [5, 5.41) is 0. The molecule has 0 radical (unpaired) electrons. The van der Waals surface area contributed by atoms with E-state index in [1.807, 2.05) is 58.3 Å². The molecule has 156 valence electrons. The van der Waals surface area contributed by atoms with Gasteiger partial charge in [0.25, 0.3) is 0 Å². The van der Waals surface area contributed by atoms with Gasteiger partial charge in [-0.3, -0.25) is 9.59 Å². The van der Waals surface area contributed by atoms with Gasteiger partial charge in [0.1, 0.15) is 5.75 Å². The van der Waals surface area contributed by atoms with Crippen LogP contribution in [0.3, 0.4) is 0 Å². The molecule has 0 atom stereocenters. The van der Waals surface area contributed by atoms with Crippen molar-refractivity contribution in [3.8, 4) is 5.75 Å². The molecule has 0 saturated carbocycles. The molecule has 0 unspecified atom stereocenters. The van der Waals surface area contributed by atoms with E-state index in [2.05, 4.69) is 0 Å². The molecule has 7 heteroatoms. The Kier molecular flexibility index (Phi) is 8.34. The number of anilines is 1. The lowest BCUT2D eigenvalue weighted by Crippen LogP contribution is -2.51. The number of methoxy groups -OCH3 is 1. The second-order valence-electron chi connectivity index (χ2n) is 6.99. The van der Waals surface area contributed by atoms with E-state index in [0.29, 0.717) is 45.4 Å². The molecule has 3 rings (SSSR count). The number of nitrogen functional groups attached to an aromatic ring is 1. The third-order valence-corrected chi connectivity index (χ3v) is 5.14. The molecular weight excluding hydrogens is 390 g/mol. The van der Waals surface area contributed by atoms with Crippen LogP contribution in [0.5, 0.6) is 5.75 Å². The van der Waals surface area contributed by atoms with Crippen LogP contribution in [0.25, 0.3) is 0 Å². The largest absolute Gasteiger partial charge is 0.497 e. The van der Waals surface area contributed by atoms with Crippen molar-refractivity contribution in [2.75, 3.05) is 39.0 Å². The molecule has 0 aliphatic carbocycles. The van der Waals surface area contributed by atoms with Crippen molar-refractivity contribution >= 4 is 29.9 Å². The Bertz CT molecular complexity index is 836. The number of carbonyl (C=O) groups excluding carboxylic acids is 2. The van der Waals surface area contributed by atoms with Crippen LogP contribution >= 0.6 is 12.4 Å². The van der Waals surface area contributed by atoms with Crippen molar-refractivity contribution in [1.29, 1.82) is 0 Å². The molecule has 1 heterocycles. The first kappa shape index (κ1) is 22.6. The number of amides is 2. The van der Waals surface area contributed by atoms with Crippen molar-refractivity contribution in [2.24, 2.45) is 0 Å². The number of rotatable bonds is 6. The Morgan fingerprint density at radius 2 is 1.62 bits per heavy atom. The Morgan fingerprint density at radius 1 is 0.966 bits per heavy atom. The van der Waals surface area contributed by atoms with E-state index < -0.39 is 0 Å². The highest BCUT2D eigenvalue weighted by Gasteiger charge is 2.24. The van der Waals surface area contributed by atoms with E-state index in [0.717, 1.165) is 22.6 Å². The lowest BCUT2D eigenvalue weighted by Gasteiger charge is -2.35.